The molecule has 8 nitrogen and oxygen atoms in total. The van der Waals surface area contributed by atoms with Gasteiger partial charge in [0.25, 0.3) is 0 Å². The SMILES string of the molecule is CCCC(=O)c1cnc2ccc(Br)cc2c1Nc1ccc(N2CCN(C(=O)OC(C)(C)C)CC2)nc1. The van der Waals surface area contributed by atoms with Crippen molar-refractivity contribution in [1.29, 1.82) is 0 Å². The Morgan fingerprint density at radius 3 is 2.44 bits per heavy atom. The van der Waals surface area contributed by atoms with E-state index in [0.717, 1.165) is 39.0 Å². The van der Waals surface area contributed by atoms with E-state index in [0.29, 0.717) is 38.2 Å². The highest BCUT2D eigenvalue weighted by atomic mass is 79.9. The molecule has 0 radical (unpaired) electrons. The smallest absolute Gasteiger partial charge is 0.410 e. The summed E-state index contributed by atoms with van der Waals surface area (Å²) in [5.74, 6) is 0.899. The molecule has 9 heteroatoms. The van der Waals surface area contributed by atoms with E-state index in [9.17, 15) is 9.59 Å². The van der Waals surface area contributed by atoms with Gasteiger partial charge in [-0.15, -0.1) is 0 Å². The number of rotatable bonds is 6. The third-order valence-electron chi connectivity index (χ3n) is 5.88. The standard InChI is InChI=1S/C27H32BrN5O3/c1-5-6-23(34)21-17-29-22-9-7-18(28)15-20(22)25(21)31-19-8-10-24(30-16-19)32-11-13-33(14-12-32)26(35)36-27(2,3)4/h7-10,15-17H,5-6,11-14H2,1-4H3,(H,29,31). The maximum Gasteiger partial charge on any atom is 0.410 e. The summed E-state index contributed by atoms with van der Waals surface area (Å²) < 4.78 is 6.40. The van der Waals surface area contributed by atoms with Crippen molar-refractivity contribution in [2.75, 3.05) is 36.4 Å². The van der Waals surface area contributed by atoms with Gasteiger partial charge < -0.3 is 19.9 Å². The van der Waals surface area contributed by atoms with E-state index >= 15 is 0 Å². The van der Waals surface area contributed by atoms with E-state index in [1.54, 1.807) is 17.3 Å². The Morgan fingerprint density at radius 2 is 1.81 bits per heavy atom. The second kappa shape index (κ2) is 10.8. The minimum absolute atomic E-state index is 0.0572. The molecule has 3 aromatic rings. The highest BCUT2D eigenvalue weighted by Crippen LogP contribution is 2.32. The number of fused-ring (bicyclic) bond motifs is 1. The number of piperazine rings is 1. The highest BCUT2D eigenvalue weighted by molar-refractivity contribution is 9.10. The van der Waals surface area contributed by atoms with Crippen LogP contribution in [0.1, 0.15) is 50.9 Å². The van der Waals surface area contributed by atoms with Gasteiger partial charge in [0.05, 0.1) is 28.7 Å². The van der Waals surface area contributed by atoms with Crippen LogP contribution < -0.4 is 10.2 Å². The fraction of sp³-hybridized carbons (Fsp3) is 0.407. The molecule has 4 rings (SSSR count). The third-order valence-corrected chi connectivity index (χ3v) is 6.37. The molecular formula is C27H32BrN5O3. The number of aromatic nitrogens is 2. The number of benzene rings is 1. The predicted molar refractivity (Wildman–Crippen MR) is 146 cm³/mol. The lowest BCUT2D eigenvalue weighted by atomic mass is 10.0. The number of hydrogen-bond acceptors (Lipinski definition) is 7. The van der Waals surface area contributed by atoms with E-state index < -0.39 is 5.60 Å². The lowest BCUT2D eigenvalue weighted by molar-refractivity contribution is 0.0240. The molecule has 190 valence electrons. The van der Waals surface area contributed by atoms with Crippen LogP contribution in [0.25, 0.3) is 10.9 Å². The number of nitrogens with zero attached hydrogens (tertiary/aromatic N) is 4. The van der Waals surface area contributed by atoms with Crippen molar-refractivity contribution in [3.63, 3.8) is 0 Å². The van der Waals surface area contributed by atoms with Crippen molar-refractivity contribution in [2.45, 2.75) is 46.1 Å². The molecule has 1 saturated heterocycles. The Balaban J connectivity index is 1.50. The van der Waals surface area contributed by atoms with Crippen molar-refractivity contribution in [2.24, 2.45) is 0 Å². The van der Waals surface area contributed by atoms with Gasteiger partial charge in [0.2, 0.25) is 0 Å². The monoisotopic (exact) mass is 553 g/mol. The Labute approximate surface area is 220 Å². The summed E-state index contributed by atoms with van der Waals surface area (Å²) in [6.45, 7) is 10.1. The molecule has 2 aromatic heterocycles. The lowest BCUT2D eigenvalue weighted by Gasteiger charge is -2.36. The lowest BCUT2D eigenvalue weighted by Crippen LogP contribution is -2.50. The van der Waals surface area contributed by atoms with E-state index in [1.807, 2.05) is 58.0 Å². The normalized spacial score (nSPS) is 14.1. The number of amides is 1. The zero-order chi connectivity index (χ0) is 25.9. The van der Waals surface area contributed by atoms with Crippen LogP contribution >= 0.6 is 15.9 Å². The maximum atomic E-state index is 12.8. The Hall–Kier alpha value is -3.20. The first-order chi connectivity index (χ1) is 17.1. The number of Topliss-reactive ketones (excluding diaryl/α,β-unsaturated/α-hetero) is 1. The van der Waals surface area contributed by atoms with Crippen molar-refractivity contribution >= 4 is 55.9 Å². The fourth-order valence-corrected chi connectivity index (χ4v) is 4.47. The van der Waals surface area contributed by atoms with Crippen LogP contribution in [0, 0.1) is 0 Å². The van der Waals surface area contributed by atoms with Crippen LogP contribution in [0.3, 0.4) is 0 Å². The number of carbonyl (C=O) groups excluding carboxylic acids is 2. The minimum Gasteiger partial charge on any atom is -0.444 e. The average Bonchev–Trinajstić information content (AvgIpc) is 2.84. The fourth-order valence-electron chi connectivity index (χ4n) is 4.11. The maximum absolute atomic E-state index is 12.8. The molecule has 1 amide bonds. The van der Waals surface area contributed by atoms with Gasteiger partial charge >= 0.3 is 6.09 Å². The quantitative estimate of drug-likeness (QED) is 0.365. The first-order valence-corrected chi connectivity index (χ1v) is 13.0. The Kier molecular flexibility index (Phi) is 7.78. The molecule has 1 N–H and O–H groups in total. The number of ether oxygens (including phenoxy) is 1. The van der Waals surface area contributed by atoms with Gasteiger partial charge in [-0.3, -0.25) is 9.78 Å². The van der Waals surface area contributed by atoms with Crippen LogP contribution in [0.2, 0.25) is 0 Å². The number of carbonyl (C=O) groups is 2. The van der Waals surface area contributed by atoms with Crippen LogP contribution in [0.15, 0.2) is 47.2 Å². The zero-order valence-electron chi connectivity index (χ0n) is 21.2. The van der Waals surface area contributed by atoms with Crippen LogP contribution in [-0.4, -0.2) is 58.5 Å². The number of halogens is 1. The van der Waals surface area contributed by atoms with E-state index in [-0.39, 0.29) is 11.9 Å². The molecule has 1 aliphatic heterocycles. The Morgan fingerprint density at radius 1 is 1.06 bits per heavy atom. The Bertz CT molecular complexity index is 1250. The largest absolute Gasteiger partial charge is 0.444 e. The summed E-state index contributed by atoms with van der Waals surface area (Å²) in [5, 5.41) is 4.29. The molecule has 1 aliphatic rings. The first kappa shape index (κ1) is 25.9. The number of anilines is 3. The molecule has 0 atom stereocenters. The molecule has 0 bridgehead atoms. The average molecular weight is 554 g/mol. The molecule has 1 fully saturated rings. The van der Waals surface area contributed by atoms with Gasteiger partial charge in [0.15, 0.2) is 5.78 Å². The van der Waals surface area contributed by atoms with Crippen LogP contribution in [0.5, 0.6) is 0 Å². The van der Waals surface area contributed by atoms with Gasteiger partial charge in [0.1, 0.15) is 11.4 Å². The number of hydrogen-bond donors (Lipinski definition) is 1. The van der Waals surface area contributed by atoms with Gasteiger partial charge in [0, 0.05) is 48.7 Å². The molecule has 1 aromatic carbocycles. The number of pyridine rings is 2. The second-order valence-electron chi connectivity index (χ2n) is 9.87. The summed E-state index contributed by atoms with van der Waals surface area (Å²) in [4.78, 5) is 38.2. The molecule has 0 spiro atoms. The molecule has 0 aliphatic carbocycles. The summed E-state index contributed by atoms with van der Waals surface area (Å²) in [5.41, 5.74) is 2.39. The molecule has 3 heterocycles. The second-order valence-corrected chi connectivity index (χ2v) is 10.8. The van der Waals surface area contributed by atoms with Crippen molar-refractivity contribution in [3.05, 3.63) is 52.8 Å². The summed E-state index contributed by atoms with van der Waals surface area (Å²) >= 11 is 3.53. The van der Waals surface area contributed by atoms with Gasteiger partial charge in [-0.05, 0) is 57.5 Å². The van der Waals surface area contributed by atoms with E-state index in [2.05, 4.69) is 36.1 Å². The molecule has 0 saturated carbocycles. The topological polar surface area (TPSA) is 87.7 Å². The molecular weight excluding hydrogens is 522 g/mol. The zero-order valence-corrected chi connectivity index (χ0v) is 22.8. The van der Waals surface area contributed by atoms with E-state index in [4.69, 9.17) is 4.74 Å². The van der Waals surface area contributed by atoms with Gasteiger partial charge in [-0.2, -0.15) is 0 Å². The minimum atomic E-state index is -0.504. The van der Waals surface area contributed by atoms with Crippen molar-refractivity contribution in [1.82, 2.24) is 14.9 Å². The number of ketones is 1. The van der Waals surface area contributed by atoms with Crippen molar-refractivity contribution in [3.8, 4) is 0 Å². The summed E-state index contributed by atoms with van der Waals surface area (Å²) in [6, 6.07) is 9.75. The van der Waals surface area contributed by atoms with Crippen LogP contribution in [-0.2, 0) is 4.74 Å². The summed E-state index contributed by atoms with van der Waals surface area (Å²) in [7, 11) is 0. The van der Waals surface area contributed by atoms with E-state index in [1.165, 1.54) is 0 Å². The van der Waals surface area contributed by atoms with Crippen molar-refractivity contribution < 1.29 is 14.3 Å². The first-order valence-electron chi connectivity index (χ1n) is 12.2. The summed E-state index contributed by atoms with van der Waals surface area (Å²) in [6.07, 6.45) is 4.38. The van der Waals surface area contributed by atoms with Crippen LogP contribution in [0.4, 0.5) is 22.0 Å². The highest BCUT2D eigenvalue weighted by Gasteiger charge is 2.26. The van der Waals surface area contributed by atoms with Gasteiger partial charge in [-0.25, -0.2) is 9.78 Å². The predicted octanol–water partition coefficient (Wildman–Crippen LogP) is 6.18. The van der Waals surface area contributed by atoms with Gasteiger partial charge in [-0.1, -0.05) is 22.9 Å². The molecule has 0 unspecified atom stereocenters. The molecule has 36 heavy (non-hydrogen) atoms. The number of nitrogens with one attached hydrogen (secondary N) is 1. The third kappa shape index (κ3) is 6.13.